The monoisotopic (exact) mass is 276 g/mol. The Labute approximate surface area is 108 Å². The standard InChI is InChI=1S/C11H15F3N4O/c1-19-5-4-18(7-2-3-7)9-6-8(15)16-10(17-9)11(12,13)14/h6-7H,2-5H2,1H3,(H2,15,16,17). The number of aromatic nitrogens is 2. The van der Waals surface area contributed by atoms with Crippen LogP contribution in [-0.2, 0) is 10.9 Å². The molecular weight excluding hydrogens is 261 g/mol. The molecule has 0 atom stereocenters. The van der Waals surface area contributed by atoms with Crippen LogP contribution in [-0.4, -0.2) is 36.3 Å². The first-order valence-electron chi connectivity index (χ1n) is 5.89. The van der Waals surface area contributed by atoms with Gasteiger partial charge in [0, 0.05) is 25.8 Å². The minimum atomic E-state index is -4.60. The summed E-state index contributed by atoms with van der Waals surface area (Å²) in [5.41, 5.74) is 5.43. The van der Waals surface area contributed by atoms with Gasteiger partial charge in [-0.25, -0.2) is 9.97 Å². The van der Waals surface area contributed by atoms with Gasteiger partial charge in [-0.05, 0) is 12.8 Å². The third kappa shape index (κ3) is 3.46. The first-order chi connectivity index (χ1) is 8.91. The Bertz CT molecular complexity index is 448. The molecule has 0 amide bonds. The number of rotatable bonds is 5. The number of nitrogens with zero attached hydrogens (tertiary/aromatic N) is 3. The fraction of sp³-hybridized carbons (Fsp3) is 0.636. The van der Waals surface area contributed by atoms with Gasteiger partial charge in [-0.1, -0.05) is 0 Å². The SMILES string of the molecule is COCCN(c1cc(N)nc(C(F)(F)F)n1)C1CC1. The molecule has 2 rings (SSSR count). The summed E-state index contributed by atoms with van der Waals surface area (Å²) in [5, 5.41) is 0. The fourth-order valence-electron chi connectivity index (χ4n) is 1.79. The Morgan fingerprint density at radius 3 is 2.63 bits per heavy atom. The molecule has 5 nitrogen and oxygen atoms in total. The van der Waals surface area contributed by atoms with E-state index in [2.05, 4.69) is 9.97 Å². The number of nitrogens with two attached hydrogens (primary N) is 1. The molecule has 1 aliphatic carbocycles. The van der Waals surface area contributed by atoms with E-state index in [0.29, 0.717) is 13.2 Å². The van der Waals surface area contributed by atoms with Crippen LogP contribution in [0.2, 0.25) is 0 Å². The second kappa shape index (κ2) is 5.20. The van der Waals surface area contributed by atoms with Crippen molar-refractivity contribution in [3.05, 3.63) is 11.9 Å². The minimum Gasteiger partial charge on any atom is -0.384 e. The van der Waals surface area contributed by atoms with Crippen molar-refractivity contribution in [2.75, 3.05) is 30.9 Å². The van der Waals surface area contributed by atoms with Gasteiger partial charge in [0.05, 0.1) is 6.61 Å². The Morgan fingerprint density at radius 2 is 2.11 bits per heavy atom. The highest BCUT2D eigenvalue weighted by atomic mass is 19.4. The van der Waals surface area contributed by atoms with Crippen LogP contribution in [0.25, 0.3) is 0 Å². The van der Waals surface area contributed by atoms with Crippen LogP contribution < -0.4 is 10.6 Å². The molecule has 0 unspecified atom stereocenters. The smallest absolute Gasteiger partial charge is 0.384 e. The van der Waals surface area contributed by atoms with Gasteiger partial charge in [0.15, 0.2) is 0 Å². The van der Waals surface area contributed by atoms with E-state index in [0.717, 1.165) is 12.8 Å². The second-order valence-electron chi connectivity index (χ2n) is 4.39. The lowest BCUT2D eigenvalue weighted by atomic mass is 10.4. The Morgan fingerprint density at radius 1 is 1.42 bits per heavy atom. The third-order valence-electron chi connectivity index (χ3n) is 2.80. The zero-order valence-electron chi connectivity index (χ0n) is 10.4. The van der Waals surface area contributed by atoms with E-state index >= 15 is 0 Å². The van der Waals surface area contributed by atoms with Crippen LogP contribution in [0.3, 0.4) is 0 Å². The van der Waals surface area contributed by atoms with Crippen LogP contribution in [0.1, 0.15) is 18.7 Å². The molecule has 1 aliphatic rings. The molecule has 0 saturated heterocycles. The van der Waals surface area contributed by atoms with Crippen molar-refractivity contribution in [1.29, 1.82) is 0 Å². The highest BCUT2D eigenvalue weighted by molar-refractivity contribution is 5.49. The molecule has 19 heavy (non-hydrogen) atoms. The Hall–Kier alpha value is -1.57. The van der Waals surface area contributed by atoms with E-state index < -0.39 is 12.0 Å². The number of ether oxygens (including phenoxy) is 1. The van der Waals surface area contributed by atoms with E-state index in [1.165, 1.54) is 6.07 Å². The predicted molar refractivity (Wildman–Crippen MR) is 63.7 cm³/mol. The van der Waals surface area contributed by atoms with E-state index in [9.17, 15) is 13.2 Å². The average molecular weight is 276 g/mol. The summed E-state index contributed by atoms with van der Waals surface area (Å²) < 4.78 is 42.9. The molecular formula is C11H15F3N4O. The Balaban J connectivity index is 2.28. The van der Waals surface area contributed by atoms with Crippen LogP contribution in [0.4, 0.5) is 24.8 Å². The van der Waals surface area contributed by atoms with Crippen LogP contribution in [0.5, 0.6) is 0 Å². The van der Waals surface area contributed by atoms with Gasteiger partial charge in [-0.3, -0.25) is 0 Å². The lowest BCUT2D eigenvalue weighted by Gasteiger charge is -2.23. The van der Waals surface area contributed by atoms with Gasteiger partial charge in [-0.2, -0.15) is 13.2 Å². The predicted octanol–water partition coefficient (Wildman–Crippen LogP) is 1.69. The lowest BCUT2D eigenvalue weighted by Crippen LogP contribution is -2.31. The highest BCUT2D eigenvalue weighted by Crippen LogP contribution is 2.33. The first-order valence-corrected chi connectivity index (χ1v) is 5.89. The van der Waals surface area contributed by atoms with Crippen LogP contribution in [0, 0.1) is 0 Å². The largest absolute Gasteiger partial charge is 0.451 e. The molecule has 0 aliphatic heterocycles. The van der Waals surface area contributed by atoms with Crippen molar-refractivity contribution in [2.45, 2.75) is 25.1 Å². The summed E-state index contributed by atoms with van der Waals surface area (Å²) in [4.78, 5) is 8.59. The average Bonchev–Trinajstić information content (AvgIpc) is 3.12. The number of halogens is 3. The third-order valence-corrected chi connectivity index (χ3v) is 2.80. The maximum atomic E-state index is 12.7. The summed E-state index contributed by atoms with van der Waals surface area (Å²) in [6.07, 6.45) is -2.72. The summed E-state index contributed by atoms with van der Waals surface area (Å²) in [5.74, 6) is -1.18. The topological polar surface area (TPSA) is 64.3 Å². The summed E-state index contributed by atoms with van der Waals surface area (Å²) in [6.45, 7) is 0.899. The molecule has 1 aromatic rings. The van der Waals surface area contributed by atoms with Gasteiger partial charge in [0.1, 0.15) is 11.6 Å². The molecule has 1 saturated carbocycles. The van der Waals surface area contributed by atoms with E-state index in [-0.39, 0.29) is 17.7 Å². The van der Waals surface area contributed by atoms with E-state index in [1.54, 1.807) is 12.0 Å². The maximum absolute atomic E-state index is 12.7. The molecule has 0 bridgehead atoms. The molecule has 1 aromatic heterocycles. The van der Waals surface area contributed by atoms with Gasteiger partial charge in [0.25, 0.3) is 0 Å². The number of methoxy groups -OCH3 is 1. The molecule has 0 spiro atoms. The zero-order valence-corrected chi connectivity index (χ0v) is 10.4. The highest BCUT2D eigenvalue weighted by Gasteiger charge is 2.37. The zero-order chi connectivity index (χ0) is 14.0. The van der Waals surface area contributed by atoms with Crippen molar-refractivity contribution in [1.82, 2.24) is 9.97 Å². The number of alkyl halides is 3. The van der Waals surface area contributed by atoms with Crippen molar-refractivity contribution < 1.29 is 17.9 Å². The van der Waals surface area contributed by atoms with Crippen molar-refractivity contribution in [2.24, 2.45) is 0 Å². The minimum absolute atomic E-state index is 0.180. The lowest BCUT2D eigenvalue weighted by molar-refractivity contribution is -0.144. The van der Waals surface area contributed by atoms with Gasteiger partial charge in [0.2, 0.25) is 5.82 Å². The fourth-order valence-corrected chi connectivity index (χ4v) is 1.79. The van der Waals surface area contributed by atoms with Gasteiger partial charge < -0.3 is 15.4 Å². The molecule has 8 heteroatoms. The van der Waals surface area contributed by atoms with Crippen molar-refractivity contribution in [3.63, 3.8) is 0 Å². The second-order valence-corrected chi connectivity index (χ2v) is 4.39. The molecule has 1 heterocycles. The van der Waals surface area contributed by atoms with Crippen molar-refractivity contribution >= 4 is 11.6 Å². The summed E-state index contributed by atoms with van der Waals surface area (Å²) in [7, 11) is 1.54. The van der Waals surface area contributed by atoms with E-state index in [4.69, 9.17) is 10.5 Å². The molecule has 0 aromatic carbocycles. The van der Waals surface area contributed by atoms with Gasteiger partial charge in [-0.15, -0.1) is 0 Å². The summed E-state index contributed by atoms with van der Waals surface area (Å²) in [6, 6.07) is 1.58. The number of nitrogen functional groups attached to an aromatic ring is 1. The molecule has 106 valence electrons. The molecule has 1 fully saturated rings. The van der Waals surface area contributed by atoms with E-state index in [1.807, 2.05) is 0 Å². The van der Waals surface area contributed by atoms with Crippen molar-refractivity contribution in [3.8, 4) is 0 Å². The first kappa shape index (κ1) is 13.9. The number of hydrogen-bond donors (Lipinski definition) is 1. The van der Waals surface area contributed by atoms with Gasteiger partial charge >= 0.3 is 6.18 Å². The maximum Gasteiger partial charge on any atom is 0.451 e. The number of anilines is 2. The Kier molecular flexibility index (Phi) is 3.79. The molecule has 2 N–H and O–H groups in total. The summed E-state index contributed by atoms with van der Waals surface area (Å²) >= 11 is 0. The molecule has 0 radical (unpaired) electrons. The van der Waals surface area contributed by atoms with Crippen LogP contribution >= 0.6 is 0 Å². The quantitative estimate of drug-likeness (QED) is 0.886. The number of hydrogen-bond acceptors (Lipinski definition) is 5. The van der Waals surface area contributed by atoms with Crippen LogP contribution in [0.15, 0.2) is 6.07 Å². The normalized spacial score (nSPS) is 15.6.